The molecule has 0 aromatic heterocycles. The Morgan fingerprint density at radius 2 is 0.687 bits per heavy atom. The molecule has 0 fully saturated rings. The van der Waals surface area contributed by atoms with Gasteiger partial charge >= 0.3 is 5.97 Å². The van der Waals surface area contributed by atoms with E-state index < -0.39 is 12.1 Å². The summed E-state index contributed by atoms with van der Waals surface area (Å²) in [6.45, 7) is 4.91. The first-order chi connectivity index (χ1) is 33.0. The van der Waals surface area contributed by atoms with Gasteiger partial charge < -0.3 is 20.3 Å². The summed E-state index contributed by atoms with van der Waals surface area (Å²) in [5, 5.41) is 23.2. The second-order valence-corrected chi connectivity index (χ2v) is 21.0. The summed E-state index contributed by atoms with van der Waals surface area (Å²) in [6.07, 6.45) is 68.1. The van der Waals surface area contributed by atoms with Crippen molar-refractivity contribution in [2.75, 3.05) is 13.2 Å². The molecule has 6 heteroatoms. The van der Waals surface area contributed by atoms with Crippen LogP contribution in [0.2, 0.25) is 0 Å². The number of ether oxygens (including phenoxy) is 1. The molecule has 0 aromatic rings. The smallest absolute Gasteiger partial charge is 0.305 e. The van der Waals surface area contributed by atoms with E-state index in [4.69, 9.17) is 4.74 Å². The monoisotopic (exact) mass is 946 g/mol. The van der Waals surface area contributed by atoms with E-state index >= 15 is 0 Å². The van der Waals surface area contributed by atoms with Gasteiger partial charge in [0.2, 0.25) is 5.91 Å². The molecule has 2 atom stereocenters. The molecular formula is C61H119NO5. The topological polar surface area (TPSA) is 95.9 Å². The van der Waals surface area contributed by atoms with Crippen molar-refractivity contribution in [3.05, 3.63) is 12.2 Å². The van der Waals surface area contributed by atoms with Gasteiger partial charge in [-0.2, -0.15) is 0 Å². The number of aliphatic hydroxyl groups is 2. The minimum Gasteiger partial charge on any atom is -0.466 e. The molecule has 398 valence electrons. The molecule has 1 amide bonds. The lowest BCUT2D eigenvalue weighted by atomic mass is 10.0. The lowest BCUT2D eigenvalue weighted by molar-refractivity contribution is -0.143. The highest BCUT2D eigenvalue weighted by atomic mass is 16.5. The molecule has 0 saturated carbocycles. The minimum atomic E-state index is -0.853. The minimum absolute atomic E-state index is 0.00155. The third kappa shape index (κ3) is 53.8. The maximum Gasteiger partial charge on any atom is 0.305 e. The maximum atomic E-state index is 12.5. The molecule has 0 aliphatic carbocycles. The van der Waals surface area contributed by atoms with Gasteiger partial charge in [-0.15, -0.1) is 0 Å². The number of amides is 1. The first-order valence-electron chi connectivity index (χ1n) is 30.5. The van der Waals surface area contributed by atoms with Gasteiger partial charge in [0.25, 0.3) is 0 Å². The van der Waals surface area contributed by atoms with Gasteiger partial charge in [-0.3, -0.25) is 9.59 Å². The normalized spacial score (nSPS) is 12.6. The number of hydrogen-bond acceptors (Lipinski definition) is 5. The van der Waals surface area contributed by atoms with E-state index in [1.165, 1.54) is 257 Å². The number of rotatable bonds is 57. The third-order valence-corrected chi connectivity index (χ3v) is 14.3. The molecule has 0 heterocycles. The highest BCUT2D eigenvalue weighted by molar-refractivity contribution is 5.76. The summed E-state index contributed by atoms with van der Waals surface area (Å²) in [7, 11) is 0. The Morgan fingerprint density at radius 1 is 0.403 bits per heavy atom. The van der Waals surface area contributed by atoms with Crippen molar-refractivity contribution >= 4 is 11.9 Å². The molecule has 0 rings (SSSR count). The summed E-state index contributed by atoms with van der Waals surface area (Å²) in [4.78, 5) is 24.6. The summed E-state index contributed by atoms with van der Waals surface area (Å²) >= 11 is 0. The van der Waals surface area contributed by atoms with Gasteiger partial charge in [-0.05, 0) is 32.1 Å². The highest BCUT2D eigenvalue weighted by Crippen LogP contribution is 2.18. The maximum absolute atomic E-state index is 12.5. The van der Waals surface area contributed by atoms with E-state index in [1.807, 2.05) is 6.08 Å². The molecule has 3 N–H and O–H groups in total. The van der Waals surface area contributed by atoms with Crippen LogP contribution in [0.4, 0.5) is 0 Å². The van der Waals surface area contributed by atoms with Gasteiger partial charge in [0, 0.05) is 12.8 Å². The molecule has 0 bridgehead atoms. The quantitative estimate of drug-likeness (QED) is 0.0321. The van der Waals surface area contributed by atoms with Crippen molar-refractivity contribution in [1.82, 2.24) is 5.32 Å². The third-order valence-electron chi connectivity index (χ3n) is 14.3. The van der Waals surface area contributed by atoms with E-state index in [2.05, 4.69) is 19.2 Å². The Bertz CT molecular complexity index is 1000. The van der Waals surface area contributed by atoms with Crippen molar-refractivity contribution in [3.63, 3.8) is 0 Å². The molecule has 0 aliphatic heterocycles. The lowest BCUT2D eigenvalue weighted by Crippen LogP contribution is -2.45. The first kappa shape index (κ1) is 65.6. The Labute approximate surface area is 419 Å². The second kappa shape index (κ2) is 57.2. The summed E-state index contributed by atoms with van der Waals surface area (Å²) in [5.41, 5.74) is 0. The molecule has 0 radical (unpaired) electrons. The largest absolute Gasteiger partial charge is 0.466 e. The molecular weight excluding hydrogens is 827 g/mol. The molecule has 0 aliphatic rings. The number of carbonyl (C=O) groups excluding carboxylic acids is 2. The molecule has 2 unspecified atom stereocenters. The van der Waals surface area contributed by atoms with Crippen LogP contribution in [0, 0.1) is 0 Å². The van der Waals surface area contributed by atoms with Crippen LogP contribution in [-0.2, 0) is 14.3 Å². The summed E-state index contributed by atoms with van der Waals surface area (Å²) < 4.78 is 5.49. The van der Waals surface area contributed by atoms with Crippen molar-refractivity contribution in [3.8, 4) is 0 Å². The van der Waals surface area contributed by atoms with Gasteiger partial charge in [-0.25, -0.2) is 0 Å². The number of allylic oxidation sites excluding steroid dienone is 1. The van der Waals surface area contributed by atoms with E-state index in [-0.39, 0.29) is 18.5 Å². The van der Waals surface area contributed by atoms with E-state index in [1.54, 1.807) is 6.08 Å². The van der Waals surface area contributed by atoms with Crippen LogP contribution in [0.5, 0.6) is 0 Å². The standard InChI is InChI=1S/C61H119NO5/c1-3-5-7-9-11-13-15-17-19-21-23-24-26-29-33-37-41-45-49-53-59(64)58(57-63)62-60(65)54-50-46-42-38-34-30-28-32-36-40-44-48-52-56-67-61(66)55-51-47-43-39-35-31-27-25-22-20-18-16-14-12-10-8-6-4-2/h49,53,58-59,63-64H,3-48,50-52,54-57H2,1-2H3,(H,62,65)/b53-49+. The number of aliphatic hydroxyl groups excluding tert-OH is 2. The second-order valence-electron chi connectivity index (χ2n) is 21.0. The van der Waals surface area contributed by atoms with Gasteiger partial charge in [0.1, 0.15) is 0 Å². The van der Waals surface area contributed by atoms with Crippen molar-refractivity contribution in [1.29, 1.82) is 0 Å². The van der Waals surface area contributed by atoms with Crippen molar-refractivity contribution in [2.24, 2.45) is 0 Å². The number of unbranched alkanes of at least 4 members (excludes halogenated alkanes) is 46. The van der Waals surface area contributed by atoms with Crippen molar-refractivity contribution < 1.29 is 24.5 Å². The van der Waals surface area contributed by atoms with Crippen LogP contribution >= 0.6 is 0 Å². The van der Waals surface area contributed by atoms with Crippen LogP contribution in [0.1, 0.15) is 341 Å². The molecule has 0 spiro atoms. The fraction of sp³-hybridized carbons (Fsp3) is 0.934. The Balaban J connectivity index is 3.45. The zero-order valence-corrected chi connectivity index (χ0v) is 45.4. The first-order valence-corrected chi connectivity index (χ1v) is 30.5. The number of hydrogen-bond donors (Lipinski definition) is 3. The fourth-order valence-electron chi connectivity index (χ4n) is 9.64. The van der Waals surface area contributed by atoms with Crippen LogP contribution in [-0.4, -0.2) is 47.4 Å². The van der Waals surface area contributed by atoms with Crippen LogP contribution in [0.25, 0.3) is 0 Å². The summed E-state index contributed by atoms with van der Waals surface area (Å²) in [6, 6.07) is -0.637. The van der Waals surface area contributed by atoms with Gasteiger partial charge in [0.15, 0.2) is 0 Å². The SMILES string of the molecule is CCCCCCCCCCCCCCCCCCC/C=C/C(O)C(CO)NC(=O)CCCCCCCCCCCCCCCOC(=O)CCCCCCCCCCCCCCCCCCCC. The Kier molecular flexibility index (Phi) is 56.0. The van der Waals surface area contributed by atoms with Gasteiger partial charge in [-0.1, -0.05) is 309 Å². The Hall–Kier alpha value is -1.40. The van der Waals surface area contributed by atoms with Crippen LogP contribution < -0.4 is 5.32 Å². The predicted molar refractivity (Wildman–Crippen MR) is 292 cm³/mol. The molecule has 67 heavy (non-hydrogen) atoms. The highest BCUT2D eigenvalue weighted by Gasteiger charge is 2.18. The predicted octanol–water partition coefficient (Wildman–Crippen LogP) is 18.9. The lowest BCUT2D eigenvalue weighted by Gasteiger charge is -2.20. The summed E-state index contributed by atoms with van der Waals surface area (Å²) in [5.74, 6) is -0.0787. The average Bonchev–Trinajstić information content (AvgIpc) is 3.33. The molecule has 6 nitrogen and oxygen atoms in total. The van der Waals surface area contributed by atoms with Crippen LogP contribution in [0.15, 0.2) is 12.2 Å². The zero-order valence-electron chi connectivity index (χ0n) is 45.4. The average molecular weight is 947 g/mol. The van der Waals surface area contributed by atoms with E-state index in [9.17, 15) is 19.8 Å². The van der Waals surface area contributed by atoms with Gasteiger partial charge in [0.05, 0.1) is 25.4 Å². The Morgan fingerprint density at radius 3 is 1.01 bits per heavy atom. The zero-order chi connectivity index (χ0) is 48.6. The fourth-order valence-corrected chi connectivity index (χ4v) is 9.64. The van der Waals surface area contributed by atoms with E-state index in [0.29, 0.717) is 19.4 Å². The molecule has 0 saturated heterocycles. The number of nitrogens with one attached hydrogen (secondary N) is 1. The van der Waals surface area contributed by atoms with Crippen molar-refractivity contribution in [2.45, 2.75) is 353 Å². The number of carbonyl (C=O) groups is 2. The number of esters is 1. The van der Waals surface area contributed by atoms with Crippen LogP contribution in [0.3, 0.4) is 0 Å². The van der Waals surface area contributed by atoms with E-state index in [0.717, 1.165) is 57.8 Å². The molecule has 0 aromatic carbocycles.